The zero-order valence-electron chi connectivity index (χ0n) is 14.9. The lowest BCUT2D eigenvalue weighted by Crippen LogP contribution is -2.42. The average Bonchev–Trinajstić information content (AvgIpc) is 2.56. The van der Waals surface area contributed by atoms with Crippen LogP contribution in [0.2, 0.25) is 0 Å². The molecule has 1 aromatic rings. The Labute approximate surface area is 146 Å². The van der Waals surface area contributed by atoms with Gasteiger partial charge in [-0.2, -0.15) is 5.10 Å². The number of rotatable bonds is 5. The van der Waals surface area contributed by atoms with E-state index in [0.29, 0.717) is 5.69 Å². The summed E-state index contributed by atoms with van der Waals surface area (Å²) >= 11 is 0. The monoisotopic (exact) mass is 345 g/mol. The predicted octanol–water partition coefficient (Wildman–Crippen LogP) is 1.97. The third kappa shape index (κ3) is 4.23. The third-order valence-electron chi connectivity index (χ3n) is 4.19. The Hall–Kier alpha value is -2.70. The Kier molecular flexibility index (Phi) is 5.56. The lowest BCUT2D eigenvalue weighted by atomic mass is 10.1. The first-order chi connectivity index (χ1) is 11.7. The summed E-state index contributed by atoms with van der Waals surface area (Å²) in [6, 6.07) is 5.72. The molecule has 1 aliphatic rings. The number of aliphatic carboxylic acids is 1. The number of anilines is 1. The van der Waals surface area contributed by atoms with Gasteiger partial charge in [-0.3, -0.25) is 14.4 Å². The van der Waals surface area contributed by atoms with Gasteiger partial charge in [0.15, 0.2) is 0 Å². The van der Waals surface area contributed by atoms with Crippen molar-refractivity contribution < 1.29 is 19.5 Å². The quantitative estimate of drug-likeness (QED) is 0.883. The molecule has 0 bridgehead atoms. The maximum atomic E-state index is 12.6. The first kappa shape index (κ1) is 18.6. The number of hydrazone groups is 1. The second kappa shape index (κ2) is 7.46. The van der Waals surface area contributed by atoms with Crippen molar-refractivity contribution in [3.63, 3.8) is 0 Å². The van der Waals surface area contributed by atoms with E-state index in [1.807, 2.05) is 32.0 Å². The van der Waals surface area contributed by atoms with E-state index in [2.05, 4.69) is 5.10 Å². The number of carboxylic acids is 1. The van der Waals surface area contributed by atoms with E-state index in [1.54, 1.807) is 14.0 Å². The van der Waals surface area contributed by atoms with Gasteiger partial charge in [-0.25, -0.2) is 5.01 Å². The van der Waals surface area contributed by atoms with Gasteiger partial charge in [-0.1, -0.05) is 19.1 Å². The highest BCUT2D eigenvalue weighted by Gasteiger charge is 2.29. The molecule has 0 saturated heterocycles. The molecule has 0 radical (unpaired) electrons. The largest absolute Gasteiger partial charge is 0.481 e. The number of carboxylic acid groups (broad SMARTS) is 1. The average molecular weight is 345 g/mol. The number of carbonyl (C=O) groups is 3. The zero-order chi connectivity index (χ0) is 18.7. The van der Waals surface area contributed by atoms with Gasteiger partial charge in [0.1, 0.15) is 5.71 Å². The Morgan fingerprint density at radius 2 is 2.00 bits per heavy atom. The number of aryl methyl sites for hydroxylation is 2. The van der Waals surface area contributed by atoms with Gasteiger partial charge in [0.2, 0.25) is 5.91 Å². The van der Waals surface area contributed by atoms with Crippen molar-refractivity contribution in [3.8, 4) is 0 Å². The van der Waals surface area contributed by atoms with Gasteiger partial charge in [-0.05, 0) is 31.0 Å². The molecular formula is C18H23N3O4. The van der Waals surface area contributed by atoms with E-state index >= 15 is 0 Å². The van der Waals surface area contributed by atoms with Crippen molar-refractivity contribution in [3.05, 3.63) is 29.3 Å². The fourth-order valence-electron chi connectivity index (χ4n) is 2.64. The van der Waals surface area contributed by atoms with Crippen molar-refractivity contribution in [2.75, 3.05) is 18.6 Å². The molecule has 1 unspecified atom stereocenters. The van der Waals surface area contributed by atoms with Gasteiger partial charge in [-0.15, -0.1) is 0 Å². The summed E-state index contributed by atoms with van der Waals surface area (Å²) in [7, 11) is 1.54. The van der Waals surface area contributed by atoms with Gasteiger partial charge >= 0.3 is 5.97 Å². The number of nitrogens with zero attached hydrogens (tertiary/aromatic N) is 3. The Bertz CT molecular complexity index is 742. The van der Waals surface area contributed by atoms with Crippen LogP contribution >= 0.6 is 0 Å². The maximum absolute atomic E-state index is 12.6. The van der Waals surface area contributed by atoms with Gasteiger partial charge in [0.25, 0.3) is 5.91 Å². The van der Waals surface area contributed by atoms with Gasteiger partial charge < -0.3 is 10.0 Å². The van der Waals surface area contributed by atoms with Crippen LogP contribution in [0.3, 0.4) is 0 Å². The second-order valence-corrected chi connectivity index (χ2v) is 6.47. The van der Waals surface area contributed by atoms with Crippen LogP contribution in [0.1, 0.15) is 30.9 Å². The molecule has 2 amide bonds. The van der Waals surface area contributed by atoms with Crippen LogP contribution < -0.4 is 5.01 Å². The van der Waals surface area contributed by atoms with Crippen LogP contribution in [-0.2, 0) is 14.4 Å². The first-order valence-electron chi connectivity index (χ1n) is 8.16. The van der Waals surface area contributed by atoms with Crippen LogP contribution in [-0.4, -0.2) is 47.1 Å². The molecule has 1 atom stereocenters. The molecular weight excluding hydrogens is 322 g/mol. The predicted molar refractivity (Wildman–Crippen MR) is 94.5 cm³/mol. The molecule has 2 rings (SSSR count). The molecule has 0 aliphatic carbocycles. The van der Waals surface area contributed by atoms with Crippen molar-refractivity contribution in [2.24, 2.45) is 11.0 Å². The van der Waals surface area contributed by atoms with E-state index in [4.69, 9.17) is 5.11 Å². The van der Waals surface area contributed by atoms with E-state index in [-0.39, 0.29) is 36.9 Å². The highest BCUT2D eigenvalue weighted by Crippen LogP contribution is 2.25. The summed E-state index contributed by atoms with van der Waals surface area (Å²) < 4.78 is 0. The summed E-state index contributed by atoms with van der Waals surface area (Å²) in [6.45, 7) is 5.44. The lowest BCUT2D eigenvalue weighted by Gasteiger charge is -2.27. The van der Waals surface area contributed by atoms with Gasteiger partial charge in [0.05, 0.1) is 11.6 Å². The number of amides is 2. The van der Waals surface area contributed by atoms with Crippen LogP contribution in [0.25, 0.3) is 0 Å². The topological polar surface area (TPSA) is 90.3 Å². The van der Waals surface area contributed by atoms with E-state index in [9.17, 15) is 14.4 Å². The summed E-state index contributed by atoms with van der Waals surface area (Å²) in [4.78, 5) is 37.1. The van der Waals surface area contributed by atoms with Crippen LogP contribution in [0.15, 0.2) is 23.3 Å². The molecule has 0 fully saturated rings. The lowest BCUT2D eigenvalue weighted by molar-refractivity contribution is -0.142. The summed E-state index contributed by atoms with van der Waals surface area (Å²) in [5, 5.41) is 14.5. The summed E-state index contributed by atoms with van der Waals surface area (Å²) in [5.41, 5.74) is 2.82. The molecule has 134 valence electrons. The standard InChI is InChI=1S/C18H23N3O4/c1-11-5-6-12(2)15(9-11)21-16(22)8-7-14(19-21)17(23)20(4)10-13(3)18(24)25/h5-6,9,13H,7-8,10H2,1-4H3,(H,24,25). The Morgan fingerprint density at radius 1 is 1.32 bits per heavy atom. The number of benzene rings is 1. The van der Waals surface area contributed by atoms with Crippen molar-refractivity contribution in [2.45, 2.75) is 33.6 Å². The number of carbonyl (C=O) groups excluding carboxylic acids is 2. The third-order valence-corrected chi connectivity index (χ3v) is 4.19. The molecule has 25 heavy (non-hydrogen) atoms. The van der Waals surface area contributed by atoms with Gasteiger partial charge in [0, 0.05) is 26.4 Å². The maximum Gasteiger partial charge on any atom is 0.308 e. The summed E-state index contributed by atoms with van der Waals surface area (Å²) in [5.74, 6) is -2.14. The Morgan fingerprint density at radius 3 is 2.64 bits per heavy atom. The SMILES string of the molecule is Cc1ccc(C)c(N2N=C(C(=O)N(C)CC(C)C(=O)O)CCC2=O)c1. The highest BCUT2D eigenvalue weighted by molar-refractivity contribution is 6.40. The normalized spacial score (nSPS) is 15.6. The number of hydrogen-bond acceptors (Lipinski definition) is 4. The molecule has 1 N–H and O–H groups in total. The molecule has 1 aliphatic heterocycles. The van der Waals surface area contributed by atoms with E-state index in [1.165, 1.54) is 9.91 Å². The minimum atomic E-state index is -0.961. The minimum Gasteiger partial charge on any atom is -0.481 e. The molecule has 0 saturated carbocycles. The van der Waals surface area contributed by atoms with Crippen molar-refractivity contribution >= 4 is 29.2 Å². The zero-order valence-corrected chi connectivity index (χ0v) is 14.9. The molecule has 7 nitrogen and oxygen atoms in total. The fourth-order valence-corrected chi connectivity index (χ4v) is 2.64. The summed E-state index contributed by atoms with van der Waals surface area (Å²) in [6.07, 6.45) is 0.450. The minimum absolute atomic E-state index is 0.0879. The van der Waals surface area contributed by atoms with Crippen LogP contribution in [0, 0.1) is 19.8 Å². The molecule has 0 aromatic heterocycles. The van der Waals surface area contributed by atoms with Crippen LogP contribution in [0.5, 0.6) is 0 Å². The number of hydrogen-bond donors (Lipinski definition) is 1. The molecule has 0 spiro atoms. The van der Waals surface area contributed by atoms with E-state index < -0.39 is 11.9 Å². The van der Waals surface area contributed by atoms with Crippen molar-refractivity contribution in [1.29, 1.82) is 0 Å². The highest BCUT2D eigenvalue weighted by atomic mass is 16.4. The van der Waals surface area contributed by atoms with E-state index in [0.717, 1.165) is 11.1 Å². The van der Waals surface area contributed by atoms with Crippen LogP contribution in [0.4, 0.5) is 5.69 Å². The van der Waals surface area contributed by atoms with Crippen molar-refractivity contribution in [1.82, 2.24) is 4.90 Å². The second-order valence-electron chi connectivity index (χ2n) is 6.47. The molecule has 1 aromatic carbocycles. The first-order valence-corrected chi connectivity index (χ1v) is 8.16. The Balaban J connectivity index is 2.26. The fraction of sp³-hybridized carbons (Fsp3) is 0.444. The molecule has 1 heterocycles. The molecule has 7 heteroatoms. The smallest absolute Gasteiger partial charge is 0.308 e.